The van der Waals surface area contributed by atoms with Gasteiger partial charge in [0.05, 0.1) is 23.0 Å². The lowest BCUT2D eigenvalue weighted by molar-refractivity contribution is -0.143. The van der Waals surface area contributed by atoms with Crippen molar-refractivity contribution in [1.29, 1.82) is 0 Å². The summed E-state index contributed by atoms with van der Waals surface area (Å²) >= 11 is 6.61. The maximum atomic E-state index is 11.3. The van der Waals surface area contributed by atoms with Crippen molar-refractivity contribution < 1.29 is 14.3 Å². The predicted molar refractivity (Wildman–Crippen MR) is 80.0 cm³/mol. The zero-order valence-electron chi connectivity index (χ0n) is 10.2. The summed E-state index contributed by atoms with van der Waals surface area (Å²) in [6.07, 6.45) is 2.13. The molecule has 102 valence electrons. The van der Waals surface area contributed by atoms with E-state index in [0.717, 1.165) is 8.96 Å². The van der Waals surface area contributed by atoms with Gasteiger partial charge in [0.1, 0.15) is 6.10 Å². The molecule has 1 aliphatic rings. The van der Waals surface area contributed by atoms with Crippen LogP contribution in [0, 0.1) is 5.92 Å². The number of cyclic esters (lactones) is 1. The van der Waals surface area contributed by atoms with Crippen LogP contribution in [-0.4, -0.2) is 18.7 Å². The Morgan fingerprint density at radius 1 is 1.37 bits per heavy atom. The van der Waals surface area contributed by atoms with Gasteiger partial charge in [-0.15, -0.1) is 0 Å². The first-order chi connectivity index (χ1) is 9.15. The van der Waals surface area contributed by atoms with Gasteiger partial charge in [0.15, 0.2) is 0 Å². The van der Waals surface area contributed by atoms with E-state index in [1.54, 1.807) is 0 Å². The molecule has 0 bridgehead atoms. The van der Waals surface area contributed by atoms with Crippen LogP contribution in [0.4, 0.5) is 0 Å². The van der Waals surface area contributed by atoms with E-state index in [1.807, 2.05) is 36.4 Å². The van der Waals surface area contributed by atoms with Crippen LogP contribution in [0.1, 0.15) is 12.0 Å². The first-order valence-corrected chi connectivity index (χ1v) is 7.57. The molecule has 0 radical (unpaired) electrons. The van der Waals surface area contributed by atoms with Gasteiger partial charge in [0.25, 0.3) is 0 Å². The first kappa shape index (κ1) is 14.8. The molecule has 0 amide bonds. The smallest absolute Gasteiger partial charge is 0.306 e. The topological polar surface area (TPSA) is 35.5 Å². The van der Waals surface area contributed by atoms with E-state index in [1.165, 1.54) is 0 Å². The highest BCUT2D eigenvalue weighted by molar-refractivity contribution is 9.28. The molecule has 0 spiro atoms. The molecule has 5 heteroatoms. The predicted octanol–water partition coefficient (Wildman–Crippen LogP) is 3.77. The lowest BCUT2D eigenvalue weighted by atomic mass is 10.0. The molecule has 2 atom stereocenters. The monoisotopic (exact) mass is 388 g/mol. The minimum Gasteiger partial charge on any atom is -0.459 e. The molecule has 1 fully saturated rings. The lowest BCUT2D eigenvalue weighted by Crippen LogP contribution is -2.21. The van der Waals surface area contributed by atoms with Crippen LogP contribution >= 0.6 is 31.9 Å². The van der Waals surface area contributed by atoms with Gasteiger partial charge in [-0.1, -0.05) is 36.4 Å². The third-order valence-corrected chi connectivity index (χ3v) is 3.43. The van der Waals surface area contributed by atoms with Crippen molar-refractivity contribution in [2.45, 2.75) is 19.1 Å². The maximum absolute atomic E-state index is 11.3. The second-order valence-electron chi connectivity index (χ2n) is 4.35. The number of hydrogen-bond acceptors (Lipinski definition) is 3. The number of benzene rings is 1. The Morgan fingerprint density at radius 3 is 2.79 bits per heavy atom. The van der Waals surface area contributed by atoms with E-state index >= 15 is 0 Å². The molecule has 3 nitrogen and oxygen atoms in total. The number of halogens is 2. The molecular weight excluding hydrogens is 376 g/mol. The van der Waals surface area contributed by atoms with Gasteiger partial charge in [0.2, 0.25) is 0 Å². The lowest BCUT2D eigenvalue weighted by Gasteiger charge is -2.15. The van der Waals surface area contributed by atoms with Crippen LogP contribution in [0.15, 0.2) is 39.8 Å². The summed E-state index contributed by atoms with van der Waals surface area (Å²) in [7, 11) is 0. The average Bonchev–Trinajstić information content (AvgIpc) is 2.70. The van der Waals surface area contributed by atoms with Gasteiger partial charge in [0, 0.05) is 5.92 Å². The highest BCUT2D eigenvalue weighted by Crippen LogP contribution is 2.28. The summed E-state index contributed by atoms with van der Waals surface area (Å²) in [5, 5.41) is 0. The molecular formula is C14H14Br2O3. The summed E-state index contributed by atoms with van der Waals surface area (Å²) in [6.45, 7) is 0.940. The number of rotatable bonds is 5. The van der Waals surface area contributed by atoms with Crippen LogP contribution < -0.4 is 0 Å². The van der Waals surface area contributed by atoms with E-state index in [0.29, 0.717) is 19.6 Å². The summed E-state index contributed by atoms with van der Waals surface area (Å²) in [6, 6.07) is 9.93. The highest BCUT2D eigenvalue weighted by Gasteiger charge is 2.33. The quantitative estimate of drug-likeness (QED) is 0.719. The van der Waals surface area contributed by atoms with E-state index in [2.05, 4.69) is 31.9 Å². The number of carbonyl (C=O) groups is 1. The SMILES string of the molecule is O=C1C[C@@H](C=C(Br)Br)[C@@H](COCc2ccccc2)O1. The molecule has 1 aromatic rings. The normalized spacial score (nSPS) is 22.1. The number of hydrogen-bond donors (Lipinski definition) is 0. The second-order valence-corrected chi connectivity index (χ2v) is 7.13. The van der Waals surface area contributed by atoms with E-state index < -0.39 is 0 Å². The molecule has 1 aliphatic heterocycles. The van der Waals surface area contributed by atoms with Crippen molar-refractivity contribution >= 4 is 37.8 Å². The Bertz CT molecular complexity index is 455. The van der Waals surface area contributed by atoms with Crippen molar-refractivity contribution in [2.24, 2.45) is 5.92 Å². The molecule has 0 aliphatic carbocycles. The van der Waals surface area contributed by atoms with Crippen LogP contribution in [0.25, 0.3) is 0 Å². The molecule has 1 saturated heterocycles. The molecule has 1 aromatic carbocycles. The van der Waals surface area contributed by atoms with Crippen LogP contribution in [-0.2, 0) is 20.9 Å². The first-order valence-electron chi connectivity index (χ1n) is 5.99. The summed E-state index contributed by atoms with van der Waals surface area (Å²) in [5.41, 5.74) is 1.11. The van der Waals surface area contributed by atoms with Crippen molar-refractivity contribution in [3.8, 4) is 0 Å². The van der Waals surface area contributed by atoms with Crippen LogP contribution in [0.5, 0.6) is 0 Å². The minimum absolute atomic E-state index is 0.0528. The Hall–Kier alpha value is -0.650. The zero-order chi connectivity index (χ0) is 13.7. The standard InChI is InChI=1S/C14H14Br2O3/c15-13(16)6-11-7-14(17)19-12(11)9-18-8-10-4-2-1-3-5-10/h1-6,11-12H,7-9H2/t11-,12-/m1/s1. The molecule has 0 aromatic heterocycles. The molecule has 2 rings (SSSR count). The Labute approximate surface area is 129 Å². The number of esters is 1. The fourth-order valence-electron chi connectivity index (χ4n) is 1.98. The van der Waals surface area contributed by atoms with Crippen LogP contribution in [0.3, 0.4) is 0 Å². The number of ether oxygens (including phenoxy) is 2. The summed E-state index contributed by atoms with van der Waals surface area (Å²) in [4.78, 5) is 11.3. The van der Waals surface area contributed by atoms with Gasteiger partial charge >= 0.3 is 5.97 Å². The van der Waals surface area contributed by atoms with E-state index in [9.17, 15) is 4.79 Å². The Kier molecular flexibility index (Phi) is 5.60. The fraction of sp³-hybridized carbons (Fsp3) is 0.357. The van der Waals surface area contributed by atoms with Crippen molar-refractivity contribution in [3.05, 3.63) is 45.4 Å². The van der Waals surface area contributed by atoms with E-state index in [4.69, 9.17) is 9.47 Å². The van der Waals surface area contributed by atoms with E-state index in [-0.39, 0.29) is 18.0 Å². The largest absolute Gasteiger partial charge is 0.459 e. The van der Waals surface area contributed by atoms with Gasteiger partial charge in [-0.2, -0.15) is 0 Å². The minimum atomic E-state index is -0.207. The zero-order valence-corrected chi connectivity index (χ0v) is 13.4. The van der Waals surface area contributed by atoms with Gasteiger partial charge in [-0.3, -0.25) is 4.79 Å². The van der Waals surface area contributed by atoms with Gasteiger partial charge in [-0.05, 0) is 37.4 Å². The molecule has 1 heterocycles. The summed E-state index contributed by atoms with van der Waals surface area (Å²) < 4.78 is 11.7. The van der Waals surface area contributed by atoms with Crippen molar-refractivity contribution in [1.82, 2.24) is 0 Å². The van der Waals surface area contributed by atoms with Crippen molar-refractivity contribution in [2.75, 3.05) is 6.61 Å². The highest BCUT2D eigenvalue weighted by atomic mass is 79.9. The molecule has 19 heavy (non-hydrogen) atoms. The third kappa shape index (κ3) is 4.75. The van der Waals surface area contributed by atoms with Crippen molar-refractivity contribution in [3.63, 3.8) is 0 Å². The van der Waals surface area contributed by atoms with Gasteiger partial charge < -0.3 is 9.47 Å². The molecule has 0 N–H and O–H groups in total. The molecule has 0 unspecified atom stereocenters. The van der Waals surface area contributed by atoms with Gasteiger partial charge in [-0.25, -0.2) is 0 Å². The molecule has 0 saturated carbocycles. The fourth-order valence-corrected chi connectivity index (χ4v) is 2.66. The Balaban J connectivity index is 1.84. The van der Waals surface area contributed by atoms with Crippen LogP contribution in [0.2, 0.25) is 0 Å². The second kappa shape index (κ2) is 7.22. The average molecular weight is 390 g/mol. The number of carbonyl (C=O) groups excluding carboxylic acids is 1. The Morgan fingerprint density at radius 2 is 2.11 bits per heavy atom. The maximum Gasteiger partial charge on any atom is 0.306 e. The third-order valence-electron chi connectivity index (χ3n) is 2.90. The summed E-state index contributed by atoms with van der Waals surface area (Å²) in [5.74, 6) is -0.118.